The predicted molar refractivity (Wildman–Crippen MR) is 87.2 cm³/mol. The van der Waals surface area contributed by atoms with Crippen LogP contribution >= 0.6 is 23.1 Å². The van der Waals surface area contributed by atoms with Crippen molar-refractivity contribution in [3.8, 4) is 0 Å². The Bertz CT molecular complexity index is 703. The van der Waals surface area contributed by atoms with E-state index < -0.39 is 10.0 Å². The first-order valence-electron chi connectivity index (χ1n) is 6.31. The molecule has 0 atom stereocenters. The molecule has 0 spiro atoms. The fourth-order valence-electron chi connectivity index (χ4n) is 1.48. The topological polar surface area (TPSA) is 84.0 Å². The number of thioether (sulfide) groups is 1. The summed E-state index contributed by atoms with van der Waals surface area (Å²) in [6.45, 7) is 0.886. The molecule has 0 amide bonds. The van der Waals surface area contributed by atoms with Gasteiger partial charge in [0, 0.05) is 18.8 Å². The van der Waals surface area contributed by atoms with Crippen LogP contribution in [0.1, 0.15) is 5.56 Å². The number of nitrogens with one attached hydrogen (secondary N) is 2. The number of anilines is 1. The zero-order valence-electron chi connectivity index (χ0n) is 11.7. The third-order valence-electron chi connectivity index (χ3n) is 2.46. The summed E-state index contributed by atoms with van der Waals surface area (Å²) < 4.78 is 37.8. The molecule has 0 fully saturated rings. The molecule has 0 saturated carbocycles. The van der Waals surface area contributed by atoms with E-state index in [1.807, 2.05) is 0 Å². The van der Waals surface area contributed by atoms with Crippen molar-refractivity contribution in [2.75, 3.05) is 23.9 Å². The van der Waals surface area contributed by atoms with Crippen LogP contribution < -0.4 is 10.0 Å². The van der Waals surface area contributed by atoms with Crippen molar-refractivity contribution in [1.29, 1.82) is 0 Å². The van der Waals surface area contributed by atoms with Gasteiger partial charge in [0.2, 0.25) is 15.2 Å². The van der Waals surface area contributed by atoms with E-state index >= 15 is 0 Å². The summed E-state index contributed by atoms with van der Waals surface area (Å²) in [5.74, 6) is 0.320. The van der Waals surface area contributed by atoms with Crippen LogP contribution in [0.15, 0.2) is 28.6 Å². The molecule has 1 aromatic heterocycles. The molecule has 1 aromatic carbocycles. The number of hydrogen-bond acceptors (Lipinski definition) is 7. The first-order chi connectivity index (χ1) is 10.4. The average Bonchev–Trinajstić information content (AvgIpc) is 2.90. The Hall–Kier alpha value is -1.23. The third kappa shape index (κ3) is 6.26. The number of rotatable bonds is 8. The summed E-state index contributed by atoms with van der Waals surface area (Å²) in [6.07, 6.45) is 1.13. The first kappa shape index (κ1) is 17.1. The zero-order chi connectivity index (χ0) is 16.0. The van der Waals surface area contributed by atoms with Crippen molar-refractivity contribution >= 4 is 38.3 Å². The molecule has 120 valence electrons. The Morgan fingerprint density at radius 3 is 2.68 bits per heavy atom. The highest BCUT2D eigenvalue weighted by molar-refractivity contribution is 8.01. The van der Waals surface area contributed by atoms with E-state index in [9.17, 15) is 12.8 Å². The quantitative estimate of drug-likeness (QED) is 0.551. The summed E-state index contributed by atoms with van der Waals surface area (Å²) in [5.41, 5.74) is 0.947. The minimum Gasteiger partial charge on any atom is -0.356 e. The lowest BCUT2D eigenvalue weighted by Gasteiger charge is -2.01. The highest BCUT2D eigenvalue weighted by Gasteiger charge is 2.06. The summed E-state index contributed by atoms with van der Waals surface area (Å²) >= 11 is 2.83. The van der Waals surface area contributed by atoms with Crippen molar-refractivity contribution in [3.63, 3.8) is 0 Å². The largest absolute Gasteiger partial charge is 0.356 e. The summed E-state index contributed by atoms with van der Waals surface area (Å²) in [7, 11) is -3.15. The van der Waals surface area contributed by atoms with E-state index in [1.165, 1.54) is 35.2 Å². The molecule has 1 heterocycles. The molecule has 2 N–H and O–H groups in total. The number of benzene rings is 1. The monoisotopic (exact) mass is 362 g/mol. The predicted octanol–water partition coefficient (Wildman–Crippen LogP) is 1.93. The van der Waals surface area contributed by atoms with Crippen LogP contribution in [0.2, 0.25) is 0 Å². The second kappa shape index (κ2) is 7.86. The maximum Gasteiger partial charge on any atom is 0.208 e. The molecule has 22 heavy (non-hydrogen) atoms. The second-order valence-corrected chi connectivity index (χ2v) is 8.52. The third-order valence-corrected chi connectivity index (χ3v) is 5.20. The van der Waals surface area contributed by atoms with Crippen LogP contribution in [0.25, 0.3) is 0 Å². The van der Waals surface area contributed by atoms with Gasteiger partial charge in [-0.2, -0.15) is 0 Å². The molecule has 2 aromatic rings. The Balaban J connectivity index is 1.75. The molecule has 0 bridgehead atoms. The lowest BCUT2D eigenvalue weighted by atomic mass is 10.2. The molecule has 10 heteroatoms. The van der Waals surface area contributed by atoms with E-state index in [0.29, 0.717) is 24.0 Å². The van der Waals surface area contributed by atoms with E-state index in [2.05, 4.69) is 20.2 Å². The van der Waals surface area contributed by atoms with Gasteiger partial charge in [0.1, 0.15) is 5.82 Å². The van der Waals surface area contributed by atoms with Gasteiger partial charge in [0.25, 0.3) is 0 Å². The molecular weight excluding hydrogens is 347 g/mol. The number of sulfonamides is 1. The van der Waals surface area contributed by atoms with E-state index in [0.717, 1.165) is 16.2 Å². The van der Waals surface area contributed by atoms with Crippen molar-refractivity contribution < 1.29 is 12.8 Å². The molecule has 0 unspecified atom stereocenters. The Morgan fingerprint density at radius 1 is 1.27 bits per heavy atom. The van der Waals surface area contributed by atoms with Gasteiger partial charge in [0.05, 0.1) is 6.26 Å². The summed E-state index contributed by atoms with van der Waals surface area (Å²) in [6, 6.07) is 6.23. The first-order valence-corrected chi connectivity index (χ1v) is 10.0. The van der Waals surface area contributed by atoms with Gasteiger partial charge in [0.15, 0.2) is 4.34 Å². The van der Waals surface area contributed by atoms with Crippen molar-refractivity contribution in [1.82, 2.24) is 14.9 Å². The number of hydrogen-bond donors (Lipinski definition) is 2. The number of halogens is 1. The highest BCUT2D eigenvalue weighted by atomic mass is 32.2. The minimum absolute atomic E-state index is 0.263. The number of aromatic nitrogens is 2. The van der Waals surface area contributed by atoms with Gasteiger partial charge in [-0.05, 0) is 17.7 Å². The fourth-order valence-corrected chi connectivity index (χ4v) is 3.76. The average molecular weight is 362 g/mol. The molecular formula is C12H15FN4O2S3. The summed E-state index contributed by atoms with van der Waals surface area (Å²) in [5, 5.41) is 11.8. The SMILES string of the molecule is CS(=O)(=O)NCCSc1nnc(NCc2ccc(F)cc2)s1. The van der Waals surface area contributed by atoms with Crippen LogP contribution in [0.3, 0.4) is 0 Å². The molecule has 0 saturated heterocycles. The molecule has 6 nitrogen and oxygen atoms in total. The molecule has 0 aliphatic heterocycles. The zero-order valence-corrected chi connectivity index (χ0v) is 14.2. The lowest BCUT2D eigenvalue weighted by molar-refractivity contribution is 0.590. The second-order valence-electron chi connectivity index (χ2n) is 4.37. The van der Waals surface area contributed by atoms with Gasteiger partial charge in [-0.3, -0.25) is 0 Å². The summed E-state index contributed by atoms with van der Waals surface area (Å²) in [4.78, 5) is 0. The molecule has 0 radical (unpaired) electrons. The van der Waals surface area contributed by atoms with E-state index in [-0.39, 0.29) is 5.82 Å². The molecule has 0 aliphatic rings. The Morgan fingerprint density at radius 2 is 2.00 bits per heavy atom. The van der Waals surface area contributed by atoms with Gasteiger partial charge in [-0.25, -0.2) is 17.5 Å². The van der Waals surface area contributed by atoms with Gasteiger partial charge < -0.3 is 5.32 Å². The lowest BCUT2D eigenvalue weighted by Crippen LogP contribution is -2.24. The van der Waals surface area contributed by atoms with Crippen LogP contribution in [-0.2, 0) is 16.6 Å². The maximum atomic E-state index is 12.8. The van der Waals surface area contributed by atoms with Gasteiger partial charge in [-0.1, -0.05) is 35.2 Å². The molecule has 0 aliphatic carbocycles. The van der Waals surface area contributed by atoms with Crippen LogP contribution in [0, 0.1) is 5.82 Å². The maximum absolute atomic E-state index is 12.8. The molecule has 2 rings (SSSR count). The highest BCUT2D eigenvalue weighted by Crippen LogP contribution is 2.25. The van der Waals surface area contributed by atoms with Crippen LogP contribution in [0.5, 0.6) is 0 Å². The van der Waals surface area contributed by atoms with E-state index in [4.69, 9.17) is 0 Å². The van der Waals surface area contributed by atoms with Crippen molar-refractivity contribution in [3.05, 3.63) is 35.6 Å². The van der Waals surface area contributed by atoms with Crippen molar-refractivity contribution in [2.45, 2.75) is 10.9 Å². The standard InChI is InChI=1S/C12H15FN4O2S3/c1-22(18,19)15-6-7-20-12-17-16-11(21-12)14-8-9-2-4-10(13)5-3-9/h2-5,15H,6-8H2,1H3,(H,14,16). The number of nitrogens with zero attached hydrogens (tertiary/aromatic N) is 2. The van der Waals surface area contributed by atoms with Gasteiger partial charge >= 0.3 is 0 Å². The van der Waals surface area contributed by atoms with Crippen LogP contribution in [0.4, 0.5) is 9.52 Å². The van der Waals surface area contributed by atoms with Crippen LogP contribution in [-0.4, -0.2) is 37.2 Å². The fraction of sp³-hybridized carbons (Fsp3) is 0.333. The smallest absolute Gasteiger partial charge is 0.208 e. The Labute approximate surface area is 136 Å². The Kier molecular flexibility index (Phi) is 6.12. The minimum atomic E-state index is -3.15. The van der Waals surface area contributed by atoms with Crippen molar-refractivity contribution in [2.24, 2.45) is 0 Å². The normalized spacial score (nSPS) is 11.5. The van der Waals surface area contributed by atoms with Gasteiger partial charge in [-0.15, -0.1) is 10.2 Å². The van der Waals surface area contributed by atoms with E-state index in [1.54, 1.807) is 12.1 Å².